The molecule has 0 unspecified atom stereocenters. The number of aromatic nitrogens is 1. The lowest BCUT2D eigenvalue weighted by molar-refractivity contribution is -0.137. The van der Waals surface area contributed by atoms with Gasteiger partial charge < -0.3 is 15.7 Å². The van der Waals surface area contributed by atoms with Gasteiger partial charge >= 0.3 is 5.97 Å². The van der Waals surface area contributed by atoms with Gasteiger partial charge in [-0.25, -0.2) is 0 Å². The van der Waals surface area contributed by atoms with Crippen LogP contribution in [0.15, 0.2) is 48.3 Å². The first-order valence-electron chi connectivity index (χ1n) is 8.32. The summed E-state index contributed by atoms with van der Waals surface area (Å²) in [6, 6.07) is 11.3. The SMILES string of the molecule is N#C/C(=C/Nc1cccc2cccnc12)C(=O)NCCCCCC(=O)O. The third kappa shape index (κ3) is 5.60. The molecular weight excluding hydrogens is 332 g/mol. The second-order valence-electron chi connectivity index (χ2n) is 5.66. The molecular formula is C19H20N4O3. The predicted molar refractivity (Wildman–Crippen MR) is 98.2 cm³/mol. The van der Waals surface area contributed by atoms with Crippen LogP contribution in [-0.4, -0.2) is 28.5 Å². The lowest BCUT2D eigenvalue weighted by Crippen LogP contribution is -2.26. The molecule has 1 aromatic heterocycles. The van der Waals surface area contributed by atoms with E-state index in [9.17, 15) is 14.9 Å². The molecule has 0 aliphatic rings. The van der Waals surface area contributed by atoms with Crippen LogP contribution in [0, 0.1) is 11.3 Å². The largest absolute Gasteiger partial charge is 0.481 e. The number of nitrogens with zero attached hydrogens (tertiary/aromatic N) is 2. The van der Waals surface area contributed by atoms with E-state index in [1.165, 1.54) is 6.20 Å². The average Bonchev–Trinajstić information content (AvgIpc) is 2.65. The summed E-state index contributed by atoms with van der Waals surface area (Å²) >= 11 is 0. The van der Waals surface area contributed by atoms with Crippen LogP contribution in [0.4, 0.5) is 5.69 Å². The fraction of sp³-hybridized carbons (Fsp3) is 0.263. The van der Waals surface area contributed by atoms with Crippen molar-refractivity contribution in [1.29, 1.82) is 5.26 Å². The molecule has 2 aromatic rings. The van der Waals surface area contributed by atoms with Gasteiger partial charge in [0.2, 0.25) is 0 Å². The summed E-state index contributed by atoms with van der Waals surface area (Å²) < 4.78 is 0. The fourth-order valence-electron chi connectivity index (χ4n) is 2.39. The first-order chi connectivity index (χ1) is 12.6. The van der Waals surface area contributed by atoms with Crippen molar-refractivity contribution in [2.45, 2.75) is 25.7 Å². The highest BCUT2D eigenvalue weighted by Crippen LogP contribution is 2.20. The number of rotatable bonds is 9. The third-order valence-electron chi connectivity index (χ3n) is 3.72. The Morgan fingerprint density at radius 1 is 1.19 bits per heavy atom. The number of para-hydroxylation sites is 1. The number of aliphatic carboxylic acids is 1. The molecule has 0 saturated heterocycles. The maximum absolute atomic E-state index is 12.0. The van der Waals surface area contributed by atoms with Crippen LogP contribution in [0.5, 0.6) is 0 Å². The van der Waals surface area contributed by atoms with Crippen LogP contribution in [0.1, 0.15) is 25.7 Å². The predicted octanol–water partition coefficient (Wildman–Crippen LogP) is 2.82. The highest BCUT2D eigenvalue weighted by Gasteiger charge is 2.08. The van der Waals surface area contributed by atoms with Crippen molar-refractivity contribution in [2.24, 2.45) is 0 Å². The number of anilines is 1. The van der Waals surface area contributed by atoms with E-state index in [1.807, 2.05) is 36.4 Å². The molecule has 0 aliphatic carbocycles. The number of fused-ring (bicyclic) bond motifs is 1. The van der Waals surface area contributed by atoms with Crippen LogP contribution in [0.25, 0.3) is 10.9 Å². The molecule has 1 amide bonds. The third-order valence-corrected chi connectivity index (χ3v) is 3.72. The summed E-state index contributed by atoms with van der Waals surface area (Å²) in [4.78, 5) is 26.8. The molecule has 1 heterocycles. The Morgan fingerprint density at radius 2 is 2.00 bits per heavy atom. The summed E-state index contributed by atoms with van der Waals surface area (Å²) in [5, 5.41) is 24.3. The first-order valence-corrected chi connectivity index (χ1v) is 8.32. The van der Waals surface area contributed by atoms with Gasteiger partial charge in [-0.3, -0.25) is 14.6 Å². The zero-order chi connectivity index (χ0) is 18.8. The van der Waals surface area contributed by atoms with Gasteiger partial charge in [0.25, 0.3) is 5.91 Å². The molecule has 1 aromatic carbocycles. The van der Waals surface area contributed by atoms with E-state index in [-0.39, 0.29) is 12.0 Å². The molecule has 0 aliphatic heterocycles. The zero-order valence-electron chi connectivity index (χ0n) is 14.2. The van der Waals surface area contributed by atoms with Crippen LogP contribution in [0.2, 0.25) is 0 Å². The number of carbonyl (C=O) groups excluding carboxylic acids is 1. The summed E-state index contributed by atoms with van der Waals surface area (Å²) in [6.45, 7) is 0.396. The number of pyridine rings is 1. The minimum Gasteiger partial charge on any atom is -0.481 e. The smallest absolute Gasteiger partial charge is 0.303 e. The van der Waals surface area contributed by atoms with Gasteiger partial charge in [-0.1, -0.05) is 24.6 Å². The molecule has 0 saturated carbocycles. The number of carboxylic acids is 1. The van der Waals surface area contributed by atoms with Gasteiger partial charge in [0.05, 0.1) is 11.2 Å². The first kappa shape index (κ1) is 18.9. The van der Waals surface area contributed by atoms with Crippen molar-refractivity contribution in [3.63, 3.8) is 0 Å². The lowest BCUT2D eigenvalue weighted by Gasteiger charge is -2.07. The molecule has 0 atom stereocenters. The van der Waals surface area contributed by atoms with Crippen molar-refractivity contribution in [2.75, 3.05) is 11.9 Å². The van der Waals surface area contributed by atoms with E-state index in [1.54, 1.807) is 6.20 Å². The Kier molecular flexibility index (Phi) is 7.13. The molecule has 3 N–H and O–H groups in total. The number of carbonyl (C=O) groups is 2. The number of amides is 1. The Hall–Kier alpha value is -3.40. The lowest BCUT2D eigenvalue weighted by atomic mass is 10.2. The summed E-state index contributed by atoms with van der Waals surface area (Å²) in [7, 11) is 0. The monoisotopic (exact) mass is 352 g/mol. The summed E-state index contributed by atoms with van der Waals surface area (Å²) in [5.41, 5.74) is 1.42. The molecule has 0 bridgehead atoms. The van der Waals surface area contributed by atoms with E-state index >= 15 is 0 Å². The Labute approximate surface area is 151 Å². The van der Waals surface area contributed by atoms with Crippen LogP contribution in [-0.2, 0) is 9.59 Å². The number of hydrogen-bond donors (Lipinski definition) is 3. The van der Waals surface area contributed by atoms with Gasteiger partial charge in [0.15, 0.2) is 0 Å². The van der Waals surface area contributed by atoms with E-state index < -0.39 is 11.9 Å². The van der Waals surface area contributed by atoms with Gasteiger partial charge in [-0.05, 0) is 25.0 Å². The zero-order valence-corrected chi connectivity index (χ0v) is 14.2. The van der Waals surface area contributed by atoms with E-state index in [0.29, 0.717) is 31.5 Å². The quantitative estimate of drug-likeness (QED) is 0.363. The molecule has 7 nitrogen and oxygen atoms in total. The molecule has 0 radical (unpaired) electrons. The molecule has 7 heteroatoms. The highest BCUT2D eigenvalue weighted by molar-refractivity contribution is 5.98. The van der Waals surface area contributed by atoms with Crippen molar-refractivity contribution in [1.82, 2.24) is 10.3 Å². The van der Waals surface area contributed by atoms with Gasteiger partial charge in [0.1, 0.15) is 11.6 Å². The topological polar surface area (TPSA) is 115 Å². The maximum Gasteiger partial charge on any atom is 0.303 e. The molecule has 134 valence electrons. The number of nitrogens with one attached hydrogen (secondary N) is 2. The summed E-state index contributed by atoms with van der Waals surface area (Å²) in [5.74, 6) is -1.29. The van der Waals surface area contributed by atoms with Crippen molar-refractivity contribution >= 4 is 28.5 Å². The Balaban J connectivity index is 1.90. The second-order valence-corrected chi connectivity index (χ2v) is 5.66. The number of benzene rings is 1. The second kappa shape index (κ2) is 9.79. The number of nitriles is 1. The van der Waals surface area contributed by atoms with Crippen LogP contribution >= 0.6 is 0 Å². The number of hydrogen-bond acceptors (Lipinski definition) is 5. The molecule has 0 spiro atoms. The number of carboxylic acid groups (broad SMARTS) is 1. The van der Waals surface area contributed by atoms with Crippen molar-refractivity contribution in [3.8, 4) is 6.07 Å². The molecule has 26 heavy (non-hydrogen) atoms. The minimum absolute atomic E-state index is 0.0385. The van der Waals surface area contributed by atoms with Gasteiger partial charge in [0, 0.05) is 30.7 Å². The van der Waals surface area contributed by atoms with E-state index in [2.05, 4.69) is 15.6 Å². The van der Waals surface area contributed by atoms with Crippen molar-refractivity contribution in [3.05, 3.63) is 48.3 Å². The molecule has 0 fully saturated rings. The number of unbranched alkanes of at least 4 members (excludes halogenated alkanes) is 2. The average molecular weight is 352 g/mol. The standard InChI is InChI=1S/C19H20N4O3/c20-12-15(19(26)22-10-3-1-2-9-17(24)25)13-23-16-8-4-6-14-7-5-11-21-18(14)16/h4-8,11,13,23H,1-3,9-10H2,(H,22,26)(H,24,25)/b15-13-. The summed E-state index contributed by atoms with van der Waals surface area (Å²) in [6.07, 6.45) is 5.11. The van der Waals surface area contributed by atoms with Gasteiger partial charge in [-0.2, -0.15) is 5.26 Å². The van der Waals surface area contributed by atoms with Crippen LogP contribution in [0.3, 0.4) is 0 Å². The Morgan fingerprint density at radius 3 is 2.77 bits per heavy atom. The molecule has 2 rings (SSSR count). The van der Waals surface area contributed by atoms with E-state index in [0.717, 1.165) is 10.9 Å². The highest BCUT2D eigenvalue weighted by atomic mass is 16.4. The van der Waals surface area contributed by atoms with Crippen molar-refractivity contribution < 1.29 is 14.7 Å². The normalized spacial score (nSPS) is 11.0. The maximum atomic E-state index is 12.0. The fourth-order valence-corrected chi connectivity index (χ4v) is 2.39. The van der Waals surface area contributed by atoms with Crippen LogP contribution < -0.4 is 10.6 Å². The minimum atomic E-state index is -0.822. The Bertz CT molecular complexity index is 850. The van der Waals surface area contributed by atoms with E-state index in [4.69, 9.17) is 5.11 Å². The van der Waals surface area contributed by atoms with Gasteiger partial charge in [-0.15, -0.1) is 0 Å².